The van der Waals surface area contributed by atoms with E-state index in [1.54, 1.807) is 18.6 Å². The van der Waals surface area contributed by atoms with Crippen LogP contribution in [0.15, 0.2) is 35.5 Å². The summed E-state index contributed by atoms with van der Waals surface area (Å²) in [5, 5.41) is 5.98. The number of piperazine rings is 1. The Kier molecular flexibility index (Phi) is 5.67. The highest BCUT2D eigenvalue weighted by Gasteiger charge is 2.26. The van der Waals surface area contributed by atoms with E-state index in [9.17, 15) is 9.59 Å². The number of aryl methyl sites for hydroxylation is 2. The number of aromatic amines is 1. The summed E-state index contributed by atoms with van der Waals surface area (Å²) in [4.78, 5) is 42.3. The minimum atomic E-state index is -0.162. The fraction of sp³-hybridized carbons (Fsp3) is 0.423. The summed E-state index contributed by atoms with van der Waals surface area (Å²) in [5.41, 5.74) is 3.72. The number of aromatic nitrogens is 5. The Hall–Kier alpha value is -3.79. The van der Waals surface area contributed by atoms with E-state index in [4.69, 9.17) is 4.74 Å². The summed E-state index contributed by atoms with van der Waals surface area (Å²) >= 11 is 0. The number of hydrogen-bond donors (Lipinski definition) is 1. The summed E-state index contributed by atoms with van der Waals surface area (Å²) in [5.74, 6) is 0.845. The van der Waals surface area contributed by atoms with Crippen molar-refractivity contribution in [2.45, 2.75) is 32.7 Å². The highest BCUT2D eigenvalue weighted by molar-refractivity contribution is 6.07. The minimum Gasteiger partial charge on any atom is -0.381 e. The highest BCUT2D eigenvalue weighted by atomic mass is 16.5. The zero-order valence-electron chi connectivity index (χ0n) is 20.5. The first kappa shape index (κ1) is 22.7. The van der Waals surface area contributed by atoms with Gasteiger partial charge in [0.2, 0.25) is 0 Å². The van der Waals surface area contributed by atoms with E-state index >= 15 is 0 Å². The van der Waals surface area contributed by atoms with E-state index in [1.165, 1.54) is 0 Å². The summed E-state index contributed by atoms with van der Waals surface area (Å²) in [6.07, 6.45) is 6.84. The monoisotopic (exact) mass is 487 g/mol. The number of H-pyrrole nitrogens is 1. The van der Waals surface area contributed by atoms with Crippen LogP contribution in [0.2, 0.25) is 0 Å². The Morgan fingerprint density at radius 2 is 1.81 bits per heavy atom. The van der Waals surface area contributed by atoms with Crippen LogP contribution in [0.1, 0.15) is 40.5 Å². The third kappa shape index (κ3) is 3.91. The smallest absolute Gasteiger partial charge is 0.259 e. The molecule has 1 N–H and O–H groups in total. The Morgan fingerprint density at radius 1 is 1.03 bits per heavy atom. The lowest BCUT2D eigenvalue weighted by Gasteiger charge is -2.35. The van der Waals surface area contributed by atoms with Crippen molar-refractivity contribution in [3.63, 3.8) is 0 Å². The van der Waals surface area contributed by atoms with E-state index in [1.807, 2.05) is 35.6 Å². The van der Waals surface area contributed by atoms with Crippen molar-refractivity contribution in [1.29, 1.82) is 0 Å². The molecule has 3 aromatic heterocycles. The zero-order valence-corrected chi connectivity index (χ0v) is 20.5. The molecule has 2 saturated heterocycles. The second-order valence-electron chi connectivity index (χ2n) is 9.66. The number of pyridine rings is 1. The van der Waals surface area contributed by atoms with Gasteiger partial charge in [-0.3, -0.25) is 19.3 Å². The van der Waals surface area contributed by atoms with Crippen LogP contribution in [0.5, 0.6) is 0 Å². The van der Waals surface area contributed by atoms with E-state index in [-0.39, 0.29) is 17.5 Å². The lowest BCUT2D eigenvalue weighted by atomic mass is 10.0. The summed E-state index contributed by atoms with van der Waals surface area (Å²) in [7, 11) is 0. The molecule has 0 radical (unpaired) electrons. The Labute approximate surface area is 207 Å². The molecule has 4 aromatic rings. The van der Waals surface area contributed by atoms with Crippen molar-refractivity contribution >= 4 is 33.5 Å². The van der Waals surface area contributed by atoms with E-state index in [0.717, 1.165) is 46.3 Å². The Morgan fingerprint density at radius 3 is 2.56 bits per heavy atom. The zero-order chi connectivity index (χ0) is 24.8. The molecule has 0 atom stereocenters. The number of carbonyl (C=O) groups excluding carboxylic acids is 1. The molecule has 0 aliphatic carbocycles. The van der Waals surface area contributed by atoms with Crippen LogP contribution >= 0.6 is 0 Å². The van der Waals surface area contributed by atoms with Crippen molar-refractivity contribution in [3.05, 3.63) is 57.9 Å². The van der Waals surface area contributed by atoms with Gasteiger partial charge < -0.3 is 19.5 Å². The largest absolute Gasteiger partial charge is 0.381 e. The van der Waals surface area contributed by atoms with Gasteiger partial charge in [0.05, 0.1) is 40.5 Å². The SMILES string of the molecule is Cc1cncc(N2CCN(C(=O)c3cc4c(cc3C)[nH]c(=O)c3cnn(C5CCOCC5)c34)CC2)n1. The fourth-order valence-electron chi connectivity index (χ4n) is 5.34. The van der Waals surface area contributed by atoms with Crippen LogP contribution in [-0.4, -0.2) is 74.9 Å². The van der Waals surface area contributed by atoms with Crippen LogP contribution in [0.4, 0.5) is 5.82 Å². The molecule has 2 aliphatic rings. The average Bonchev–Trinajstić information content (AvgIpc) is 3.35. The van der Waals surface area contributed by atoms with Crippen LogP contribution in [-0.2, 0) is 4.74 Å². The van der Waals surface area contributed by atoms with Gasteiger partial charge in [-0.2, -0.15) is 5.10 Å². The molecule has 1 amide bonds. The summed E-state index contributed by atoms with van der Waals surface area (Å²) < 4.78 is 7.49. The number of benzene rings is 1. The molecule has 36 heavy (non-hydrogen) atoms. The molecule has 0 bridgehead atoms. The Bertz CT molecular complexity index is 1510. The number of nitrogens with one attached hydrogen (secondary N) is 1. The first-order valence-corrected chi connectivity index (χ1v) is 12.4. The standard InChI is InChI=1S/C26H29N7O3/c1-16-11-22-20(24-21(25(34)30-22)14-28-33(24)18-3-9-36-10-4-18)12-19(16)26(35)32-7-5-31(6-8-32)23-15-27-13-17(2)29-23/h11-15,18H,3-10H2,1-2H3,(H,30,34). The number of carbonyl (C=O) groups is 1. The predicted molar refractivity (Wildman–Crippen MR) is 137 cm³/mol. The van der Waals surface area contributed by atoms with Gasteiger partial charge in [-0.05, 0) is 44.4 Å². The maximum absolute atomic E-state index is 13.7. The quantitative estimate of drug-likeness (QED) is 0.473. The number of rotatable bonds is 3. The van der Waals surface area contributed by atoms with Gasteiger partial charge in [-0.1, -0.05) is 0 Å². The molecule has 6 rings (SSSR count). The van der Waals surface area contributed by atoms with Gasteiger partial charge >= 0.3 is 0 Å². The number of ether oxygens (including phenoxy) is 1. The molecule has 2 aliphatic heterocycles. The second-order valence-corrected chi connectivity index (χ2v) is 9.66. The van der Waals surface area contributed by atoms with Crippen LogP contribution in [0.3, 0.4) is 0 Å². The first-order valence-electron chi connectivity index (χ1n) is 12.4. The van der Waals surface area contributed by atoms with Crippen molar-refractivity contribution in [2.24, 2.45) is 0 Å². The molecule has 5 heterocycles. The average molecular weight is 488 g/mol. The predicted octanol–water partition coefficient (Wildman–Crippen LogP) is 2.60. The molecule has 0 spiro atoms. The van der Waals surface area contributed by atoms with E-state index < -0.39 is 0 Å². The molecule has 1 aromatic carbocycles. The number of anilines is 1. The Balaban J connectivity index is 1.34. The van der Waals surface area contributed by atoms with Gasteiger partial charge in [0, 0.05) is 56.5 Å². The van der Waals surface area contributed by atoms with Crippen molar-refractivity contribution in [1.82, 2.24) is 29.6 Å². The highest BCUT2D eigenvalue weighted by Crippen LogP contribution is 2.30. The van der Waals surface area contributed by atoms with Crippen molar-refractivity contribution in [2.75, 3.05) is 44.3 Å². The number of amides is 1. The third-order valence-corrected chi connectivity index (χ3v) is 7.31. The fourth-order valence-corrected chi connectivity index (χ4v) is 5.34. The molecular weight excluding hydrogens is 458 g/mol. The van der Waals surface area contributed by atoms with Crippen LogP contribution < -0.4 is 10.5 Å². The van der Waals surface area contributed by atoms with Gasteiger partial charge in [-0.25, -0.2) is 4.98 Å². The first-order chi connectivity index (χ1) is 17.5. The second kappa shape index (κ2) is 9.02. The van der Waals surface area contributed by atoms with Gasteiger partial charge in [0.1, 0.15) is 5.82 Å². The number of fused-ring (bicyclic) bond motifs is 3. The van der Waals surface area contributed by atoms with Gasteiger partial charge in [0.25, 0.3) is 11.5 Å². The van der Waals surface area contributed by atoms with E-state index in [2.05, 4.69) is 25.0 Å². The molecule has 2 fully saturated rings. The molecular formula is C26H29N7O3. The van der Waals surface area contributed by atoms with Crippen LogP contribution in [0.25, 0.3) is 21.8 Å². The molecule has 186 valence electrons. The molecule has 0 saturated carbocycles. The molecule has 0 unspecified atom stereocenters. The summed E-state index contributed by atoms with van der Waals surface area (Å²) in [6, 6.07) is 4.00. The molecule has 10 heteroatoms. The lowest BCUT2D eigenvalue weighted by molar-refractivity contribution is 0.0675. The molecule has 10 nitrogen and oxygen atoms in total. The van der Waals surface area contributed by atoms with Gasteiger partial charge in [-0.15, -0.1) is 0 Å². The maximum atomic E-state index is 13.7. The number of hydrogen-bond acceptors (Lipinski definition) is 7. The van der Waals surface area contributed by atoms with Crippen LogP contribution in [0, 0.1) is 13.8 Å². The minimum absolute atomic E-state index is 0.000795. The van der Waals surface area contributed by atoms with Crippen molar-refractivity contribution in [3.8, 4) is 0 Å². The topological polar surface area (TPSA) is 109 Å². The summed E-state index contributed by atoms with van der Waals surface area (Å²) in [6.45, 7) is 7.81. The van der Waals surface area contributed by atoms with E-state index in [0.29, 0.717) is 50.3 Å². The number of nitrogens with zero attached hydrogens (tertiary/aromatic N) is 6. The lowest BCUT2D eigenvalue weighted by Crippen LogP contribution is -2.49. The normalized spacial score (nSPS) is 17.3. The van der Waals surface area contributed by atoms with Gasteiger partial charge in [0.15, 0.2) is 0 Å². The third-order valence-electron chi connectivity index (χ3n) is 7.31. The maximum Gasteiger partial charge on any atom is 0.259 e. The van der Waals surface area contributed by atoms with Crippen molar-refractivity contribution < 1.29 is 9.53 Å².